The third-order valence-corrected chi connectivity index (χ3v) is 4.14. The zero-order chi connectivity index (χ0) is 17.0. The third kappa shape index (κ3) is 4.49. The standard InChI is InChI=1S/C18H19BrClNO2/c1-18(2,3)23-17(22)21(12-6-11-20)15-10-9-13-7-4-5-8-14(13)16(15)19/h4-11H,12H2,1-3H3. The lowest BCUT2D eigenvalue weighted by molar-refractivity contribution is 0.0584. The topological polar surface area (TPSA) is 29.5 Å². The summed E-state index contributed by atoms with van der Waals surface area (Å²) in [5.74, 6) is 0. The van der Waals surface area contributed by atoms with E-state index in [0.717, 1.165) is 20.9 Å². The highest BCUT2D eigenvalue weighted by molar-refractivity contribution is 9.10. The van der Waals surface area contributed by atoms with E-state index in [-0.39, 0.29) is 0 Å². The average molecular weight is 397 g/mol. The van der Waals surface area contributed by atoms with Crippen molar-refractivity contribution in [1.29, 1.82) is 0 Å². The van der Waals surface area contributed by atoms with Crippen molar-refractivity contribution in [2.24, 2.45) is 0 Å². The van der Waals surface area contributed by atoms with Gasteiger partial charge in [0.05, 0.1) is 5.69 Å². The van der Waals surface area contributed by atoms with Crippen molar-refractivity contribution in [3.8, 4) is 0 Å². The fourth-order valence-electron chi connectivity index (χ4n) is 2.16. The Bertz CT molecular complexity index is 737. The molecule has 2 aromatic carbocycles. The van der Waals surface area contributed by atoms with Crippen molar-refractivity contribution in [3.63, 3.8) is 0 Å². The lowest BCUT2D eigenvalue weighted by atomic mass is 10.1. The first-order valence-electron chi connectivity index (χ1n) is 7.26. The Kier molecular flexibility index (Phi) is 5.71. The third-order valence-electron chi connectivity index (χ3n) is 3.12. The Hall–Kier alpha value is -1.52. The van der Waals surface area contributed by atoms with Crippen molar-refractivity contribution in [2.45, 2.75) is 26.4 Å². The van der Waals surface area contributed by atoms with Crippen LogP contribution in [0.1, 0.15) is 20.8 Å². The molecule has 0 aliphatic heterocycles. The molecule has 0 aliphatic carbocycles. The first kappa shape index (κ1) is 17.8. The highest BCUT2D eigenvalue weighted by Gasteiger charge is 2.24. The number of fused-ring (bicyclic) bond motifs is 1. The molecule has 0 unspecified atom stereocenters. The summed E-state index contributed by atoms with van der Waals surface area (Å²) < 4.78 is 6.36. The molecule has 5 heteroatoms. The molecule has 2 aromatic rings. The first-order valence-corrected chi connectivity index (χ1v) is 8.49. The predicted molar refractivity (Wildman–Crippen MR) is 100 cm³/mol. The number of nitrogens with zero attached hydrogens (tertiary/aromatic N) is 1. The second-order valence-corrected chi connectivity index (χ2v) is 7.12. The molecule has 0 saturated heterocycles. The molecule has 0 aliphatic rings. The van der Waals surface area contributed by atoms with Crippen LogP contribution in [0.5, 0.6) is 0 Å². The van der Waals surface area contributed by atoms with Crippen LogP contribution in [0.15, 0.2) is 52.5 Å². The van der Waals surface area contributed by atoms with Gasteiger partial charge < -0.3 is 4.74 Å². The van der Waals surface area contributed by atoms with E-state index in [1.807, 2.05) is 57.2 Å². The Labute approximate surface area is 150 Å². The number of carbonyl (C=O) groups is 1. The number of hydrogen-bond acceptors (Lipinski definition) is 2. The smallest absolute Gasteiger partial charge is 0.415 e. The van der Waals surface area contributed by atoms with Crippen LogP contribution in [0.4, 0.5) is 10.5 Å². The molecular weight excluding hydrogens is 378 g/mol. The van der Waals surface area contributed by atoms with Gasteiger partial charge in [-0.3, -0.25) is 4.90 Å². The Morgan fingerprint density at radius 1 is 1.26 bits per heavy atom. The maximum absolute atomic E-state index is 12.6. The van der Waals surface area contributed by atoms with Gasteiger partial charge in [-0.1, -0.05) is 48.0 Å². The Balaban J connectivity index is 2.46. The van der Waals surface area contributed by atoms with Crippen molar-refractivity contribution in [1.82, 2.24) is 0 Å². The van der Waals surface area contributed by atoms with Gasteiger partial charge in [0.1, 0.15) is 5.60 Å². The summed E-state index contributed by atoms with van der Waals surface area (Å²) >= 11 is 9.25. The summed E-state index contributed by atoms with van der Waals surface area (Å²) in [5, 5.41) is 2.13. The maximum atomic E-state index is 12.6. The normalized spacial score (nSPS) is 11.9. The summed E-state index contributed by atoms with van der Waals surface area (Å²) in [4.78, 5) is 14.1. The van der Waals surface area contributed by atoms with Crippen LogP contribution in [0.3, 0.4) is 0 Å². The fraction of sp³-hybridized carbons (Fsp3) is 0.278. The van der Waals surface area contributed by atoms with Gasteiger partial charge in [0, 0.05) is 16.6 Å². The van der Waals surface area contributed by atoms with Crippen LogP contribution in [-0.2, 0) is 4.74 Å². The minimum absolute atomic E-state index is 0.329. The largest absolute Gasteiger partial charge is 0.443 e. The Morgan fingerprint density at radius 2 is 1.96 bits per heavy atom. The molecule has 0 fully saturated rings. The van der Waals surface area contributed by atoms with E-state index in [2.05, 4.69) is 15.9 Å². The van der Waals surface area contributed by atoms with E-state index in [4.69, 9.17) is 16.3 Å². The maximum Gasteiger partial charge on any atom is 0.415 e. The number of amides is 1. The number of hydrogen-bond donors (Lipinski definition) is 0. The van der Waals surface area contributed by atoms with Crippen LogP contribution in [0.25, 0.3) is 10.8 Å². The Morgan fingerprint density at radius 3 is 2.61 bits per heavy atom. The van der Waals surface area contributed by atoms with E-state index in [0.29, 0.717) is 6.54 Å². The van der Waals surface area contributed by atoms with Crippen LogP contribution in [-0.4, -0.2) is 18.2 Å². The summed E-state index contributed by atoms with van der Waals surface area (Å²) in [7, 11) is 0. The second kappa shape index (κ2) is 7.37. The second-order valence-electron chi connectivity index (χ2n) is 6.07. The number of carbonyl (C=O) groups excluding carboxylic acids is 1. The van der Waals surface area contributed by atoms with Crippen LogP contribution < -0.4 is 4.90 Å². The summed E-state index contributed by atoms with van der Waals surface area (Å²) in [6.07, 6.45) is 1.29. The van der Waals surface area contributed by atoms with Gasteiger partial charge in [0.2, 0.25) is 0 Å². The molecule has 0 spiro atoms. The highest BCUT2D eigenvalue weighted by Crippen LogP contribution is 2.34. The molecule has 23 heavy (non-hydrogen) atoms. The van der Waals surface area contributed by atoms with Gasteiger partial charge in [0.15, 0.2) is 0 Å². The van der Waals surface area contributed by atoms with Crippen molar-refractivity contribution < 1.29 is 9.53 Å². The van der Waals surface area contributed by atoms with Gasteiger partial charge in [-0.15, -0.1) is 0 Å². The lowest BCUT2D eigenvalue weighted by Gasteiger charge is -2.27. The quantitative estimate of drug-likeness (QED) is 0.627. The lowest BCUT2D eigenvalue weighted by Crippen LogP contribution is -2.37. The fourth-order valence-corrected chi connectivity index (χ4v) is 2.95. The number of halogens is 2. The van der Waals surface area contributed by atoms with Crippen LogP contribution >= 0.6 is 27.5 Å². The van der Waals surface area contributed by atoms with E-state index >= 15 is 0 Å². The number of anilines is 1. The van der Waals surface area contributed by atoms with Crippen LogP contribution in [0, 0.1) is 0 Å². The van der Waals surface area contributed by atoms with Crippen molar-refractivity contribution in [2.75, 3.05) is 11.4 Å². The SMILES string of the molecule is CC(C)(C)OC(=O)N(CC=CCl)c1ccc2ccccc2c1Br. The van der Waals surface area contributed by atoms with E-state index in [1.54, 1.807) is 11.0 Å². The highest BCUT2D eigenvalue weighted by atomic mass is 79.9. The van der Waals surface area contributed by atoms with Gasteiger partial charge >= 0.3 is 6.09 Å². The van der Waals surface area contributed by atoms with Gasteiger partial charge in [-0.25, -0.2) is 4.79 Å². The van der Waals surface area contributed by atoms with Gasteiger partial charge in [-0.2, -0.15) is 0 Å². The van der Waals surface area contributed by atoms with Crippen molar-refractivity contribution in [3.05, 3.63) is 52.5 Å². The van der Waals surface area contributed by atoms with E-state index < -0.39 is 11.7 Å². The molecule has 1 amide bonds. The molecule has 3 nitrogen and oxygen atoms in total. The molecule has 0 atom stereocenters. The molecule has 0 heterocycles. The predicted octanol–water partition coefficient (Wildman–Crippen LogP) is 6.10. The molecule has 0 N–H and O–H groups in total. The first-order chi connectivity index (χ1) is 10.8. The van der Waals surface area contributed by atoms with Crippen molar-refractivity contribution >= 4 is 50.1 Å². The molecule has 122 valence electrons. The van der Waals surface area contributed by atoms with Gasteiger partial charge in [-0.05, 0) is 53.5 Å². The number of ether oxygens (including phenoxy) is 1. The summed E-state index contributed by atoms with van der Waals surface area (Å²) in [6, 6.07) is 11.9. The molecule has 0 saturated carbocycles. The van der Waals surface area contributed by atoms with Crippen LogP contribution in [0.2, 0.25) is 0 Å². The molecule has 0 bridgehead atoms. The zero-order valence-electron chi connectivity index (χ0n) is 13.3. The average Bonchev–Trinajstić information content (AvgIpc) is 2.48. The molecule has 0 radical (unpaired) electrons. The summed E-state index contributed by atoms with van der Waals surface area (Å²) in [5.41, 5.74) is 1.57. The summed E-state index contributed by atoms with van der Waals surface area (Å²) in [6.45, 7) is 5.86. The number of rotatable bonds is 3. The monoisotopic (exact) mass is 395 g/mol. The molecular formula is C18H19BrClNO2. The molecule has 0 aromatic heterocycles. The van der Waals surface area contributed by atoms with E-state index in [1.165, 1.54) is 5.54 Å². The van der Waals surface area contributed by atoms with Gasteiger partial charge in [0.25, 0.3) is 0 Å². The zero-order valence-corrected chi connectivity index (χ0v) is 15.7. The number of benzene rings is 2. The minimum atomic E-state index is -0.566. The molecule has 2 rings (SSSR count). The van der Waals surface area contributed by atoms with E-state index in [9.17, 15) is 4.79 Å². The minimum Gasteiger partial charge on any atom is -0.443 e.